The van der Waals surface area contributed by atoms with E-state index >= 15 is 0 Å². The topological polar surface area (TPSA) is 59.8 Å². The van der Waals surface area contributed by atoms with Gasteiger partial charge in [-0.2, -0.15) is 18.2 Å². The van der Waals surface area contributed by atoms with Crippen molar-refractivity contribution in [2.75, 3.05) is 5.32 Å². The number of carbonyl (C=O) groups is 1. The molecule has 0 atom stereocenters. The fourth-order valence-electron chi connectivity index (χ4n) is 1.39. The second kappa shape index (κ2) is 4.91. The van der Waals surface area contributed by atoms with Crippen molar-refractivity contribution in [3.05, 3.63) is 41.5 Å². The lowest BCUT2D eigenvalue weighted by Gasteiger charge is -2.03. The van der Waals surface area contributed by atoms with E-state index in [1.165, 1.54) is 19.2 Å². The molecule has 1 N–H and O–H groups in total. The van der Waals surface area contributed by atoms with Gasteiger partial charge in [-0.1, -0.05) is 0 Å². The number of nitrogens with zero attached hydrogens (tertiary/aromatic N) is 3. The SMILES string of the molecule is Cn1nc(C(F)(F)F)nc1NC(=O)c1ccc(F)cc1. The molecular weight excluding hydrogens is 280 g/mol. The van der Waals surface area contributed by atoms with Crippen molar-refractivity contribution in [3.63, 3.8) is 0 Å². The maximum Gasteiger partial charge on any atom is 0.453 e. The van der Waals surface area contributed by atoms with Crippen LogP contribution in [0.5, 0.6) is 0 Å². The van der Waals surface area contributed by atoms with Crippen LogP contribution in [0.4, 0.5) is 23.5 Å². The Morgan fingerprint density at radius 3 is 2.35 bits per heavy atom. The summed E-state index contributed by atoms with van der Waals surface area (Å²) in [6.45, 7) is 0. The Morgan fingerprint density at radius 1 is 1.25 bits per heavy atom. The molecule has 0 fully saturated rings. The van der Waals surface area contributed by atoms with E-state index in [1.807, 2.05) is 0 Å². The Hall–Kier alpha value is -2.45. The fourth-order valence-corrected chi connectivity index (χ4v) is 1.39. The molecule has 9 heteroatoms. The second-order valence-electron chi connectivity index (χ2n) is 3.84. The van der Waals surface area contributed by atoms with Crippen LogP contribution in [-0.2, 0) is 13.2 Å². The van der Waals surface area contributed by atoms with E-state index in [2.05, 4.69) is 15.4 Å². The Labute approximate surface area is 110 Å². The van der Waals surface area contributed by atoms with Crippen LogP contribution < -0.4 is 5.32 Å². The third-order valence-corrected chi connectivity index (χ3v) is 2.35. The number of nitrogens with one attached hydrogen (secondary N) is 1. The van der Waals surface area contributed by atoms with Gasteiger partial charge in [0.1, 0.15) is 5.82 Å². The molecule has 0 unspecified atom stereocenters. The number of anilines is 1. The molecule has 1 amide bonds. The lowest BCUT2D eigenvalue weighted by atomic mass is 10.2. The average molecular weight is 288 g/mol. The normalized spacial score (nSPS) is 11.4. The van der Waals surface area contributed by atoms with Crippen molar-refractivity contribution in [1.29, 1.82) is 0 Å². The van der Waals surface area contributed by atoms with Crippen LogP contribution in [0.25, 0.3) is 0 Å². The van der Waals surface area contributed by atoms with Gasteiger partial charge in [-0.15, -0.1) is 5.10 Å². The lowest BCUT2D eigenvalue weighted by molar-refractivity contribution is -0.144. The molecule has 1 heterocycles. The zero-order valence-corrected chi connectivity index (χ0v) is 10.1. The Morgan fingerprint density at radius 2 is 1.85 bits per heavy atom. The highest BCUT2D eigenvalue weighted by Crippen LogP contribution is 2.27. The highest BCUT2D eigenvalue weighted by molar-refractivity contribution is 6.03. The van der Waals surface area contributed by atoms with Crippen molar-refractivity contribution >= 4 is 11.9 Å². The van der Waals surface area contributed by atoms with E-state index in [1.54, 1.807) is 0 Å². The van der Waals surface area contributed by atoms with Gasteiger partial charge in [-0.3, -0.25) is 10.1 Å². The standard InChI is InChI=1S/C11H8F4N4O/c1-19-10(17-9(18-19)11(13,14)15)16-8(20)6-2-4-7(12)5-3-6/h2-5H,1H3,(H,16,17,18,20). The van der Waals surface area contributed by atoms with Crippen LogP contribution in [0.15, 0.2) is 24.3 Å². The third-order valence-electron chi connectivity index (χ3n) is 2.35. The quantitative estimate of drug-likeness (QED) is 0.862. The van der Waals surface area contributed by atoms with Crippen molar-refractivity contribution in [2.45, 2.75) is 6.18 Å². The maximum absolute atomic E-state index is 12.7. The Kier molecular flexibility index (Phi) is 3.43. The van der Waals surface area contributed by atoms with E-state index in [4.69, 9.17) is 0 Å². The summed E-state index contributed by atoms with van der Waals surface area (Å²) < 4.78 is 50.7. The molecule has 0 saturated carbocycles. The molecule has 5 nitrogen and oxygen atoms in total. The van der Waals surface area contributed by atoms with Gasteiger partial charge in [-0.25, -0.2) is 9.07 Å². The summed E-state index contributed by atoms with van der Waals surface area (Å²) >= 11 is 0. The van der Waals surface area contributed by atoms with Crippen molar-refractivity contribution in [3.8, 4) is 0 Å². The first kappa shape index (κ1) is 14.0. The predicted molar refractivity (Wildman–Crippen MR) is 60.4 cm³/mol. The minimum atomic E-state index is -4.70. The van der Waals surface area contributed by atoms with Gasteiger partial charge in [0.15, 0.2) is 0 Å². The molecule has 1 aromatic heterocycles. The summed E-state index contributed by atoms with van der Waals surface area (Å²) in [7, 11) is 1.21. The molecule has 1 aromatic carbocycles. The summed E-state index contributed by atoms with van der Waals surface area (Å²) in [5.41, 5.74) is 0.0861. The minimum Gasteiger partial charge on any atom is -0.291 e. The zero-order valence-electron chi connectivity index (χ0n) is 10.1. The van der Waals surface area contributed by atoms with Crippen molar-refractivity contribution in [2.24, 2.45) is 7.05 Å². The van der Waals surface area contributed by atoms with E-state index in [9.17, 15) is 22.4 Å². The summed E-state index contributed by atoms with van der Waals surface area (Å²) in [6, 6.07) is 4.52. The molecule has 2 rings (SSSR count). The van der Waals surface area contributed by atoms with Gasteiger partial charge in [-0.05, 0) is 24.3 Å². The number of rotatable bonds is 2. The molecule has 0 aliphatic heterocycles. The number of hydrogen-bond acceptors (Lipinski definition) is 3. The zero-order chi connectivity index (χ0) is 14.9. The van der Waals surface area contributed by atoms with Crippen molar-refractivity contribution in [1.82, 2.24) is 14.8 Å². The second-order valence-corrected chi connectivity index (χ2v) is 3.84. The smallest absolute Gasteiger partial charge is 0.291 e. The van der Waals surface area contributed by atoms with Gasteiger partial charge < -0.3 is 0 Å². The monoisotopic (exact) mass is 288 g/mol. The Balaban J connectivity index is 2.20. The summed E-state index contributed by atoms with van der Waals surface area (Å²) in [6.07, 6.45) is -4.70. The lowest BCUT2D eigenvalue weighted by Crippen LogP contribution is -2.15. The number of aryl methyl sites for hydroxylation is 1. The molecule has 2 aromatic rings. The molecule has 0 aliphatic carbocycles. The summed E-state index contributed by atoms with van der Waals surface area (Å²) in [4.78, 5) is 14.9. The number of carbonyl (C=O) groups excluding carboxylic acids is 1. The average Bonchev–Trinajstić information content (AvgIpc) is 2.71. The molecule has 20 heavy (non-hydrogen) atoms. The van der Waals surface area contributed by atoms with Gasteiger partial charge in [0, 0.05) is 12.6 Å². The molecule has 0 saturated heterocycles. The predicted octanol–water partition coefficient (Wildman–Crippen LogP) is 2.23. The molecular formula is C11H8F4N4O. The fraction of sp³-hybridized carbons (Fsp3) is 0.182. The van der Waals surface area contributed by atoms with Crippen molar-refractivity contribution < 1.29 is 22.4 Å². The van der Waals surface area contributed by atoms with Crippen LogP contribution in [0.2, 0.25) is 0 Å². The van der Waals surface area contributed by atoms with Crippen LogP contribution in [-0.4, -0.2) is 20.7 Å². The highest BCUT2D eigenvalue weighted by Gasteiger charge is 2.37. The van der Waals surface area contributed by atoms with Gasteiger partial charge in [0.25, 0.3) is 11.7 Å². The first-order valence-corrected chi connectivity index (χ1v) is 5.32. The van der Waals surface area contributed by atoms with Crippen LogP contribution in [0.3, 0.4) is 0 Å². The number of amides is 1. The van der Waals surface area contributed by atoms with Gasteiger partial charge >= 0.3 is 6.18 Å². The molecule has 0 aliphatic rings. The number of benzene rings is 1. The van der Waals surface area contributed by atoms with Crippen LogP contribution in [0, 0.1) is 5.82 Å². The molecule has 0 spiro atoms. The first-order valence-electron chi connectivity index (χ1n) is 5.32. The van der Waals surface area contributed by atoms with Gasteiger partial charge in [0.05, 0.1) is 0 Å². The Bertz CT molecular complexity index is 633. The number of alkyl halides is 3. The molecule has 0 radical (unpaired) electrons. The first-order chi connectivity index (χ1) is 9.27. The van der Waals surface area contributed by atoms with Gasteiger partial charge in [0.2, 0.25) is 5.95 Å². The highest BCUT2D eigenvalue weighted by atomic mass is 19.4. The van der Waals surface area contributed by atoms with Crippen LogP contribution >= 0.6 is 0 Å². The number of aromatic nitrogens is 3. The third kappa shape index (κ3) is 2.92. The van der Waals surface area contributed by atoms with E-state index in [0.717, 1.165) is 16.8 Å². The van der Waals surface area contributed by atoms with E-state index < -0.39 is 23.7 Å². The minimum absolute atomic E-state index is 0.0861. The van der Waals surface area contributed by atoms with E-state index in [0.29, 0.717) is 0 Å². The number of hydrogen-bond donors (Lipinski definition) is 1. The molecule has 0 bridgehead atoms. The van der Waals surface area contributed by atoms with E-state index in [-0.39, 0.29) is 11.5 Å². The summed E-state index contributed by atoms with van der Waals surface area (Å²) in [5.74, 6) is -2.95. The number of halogens is 4. The maximum atomic E-state index is 12.7. The summed E-state index contributed by atoms with van der Waals surface area (Å²) in [5, 5.41) is 5.31. The van der Waals surface area contributed by atoms with Crippen LogP contribution in [0.1, 0.15) is 16.2 Å². The largest absolute Gasteiger partial charge is 0.453 e. The molecule has 106 valence electrons.